The number of ether oxygens (including phenoxy) is 2. The largest absolute Gasteiger partial charge is 0.497 e. The van der Waals surface area contributed by atoms with Crippen LogP contribution in [0.3, 0.4) is 0 Å². The second-order valence-electron chi connectivity index (χ2n) is 6.85. The van der Waals surface area contributed by atoms with Crippen molar-refractivity contribution in [1.82, 2.24) is 16.0 Å². The van der Waals surface area contributed by atoms with Gasteiger partial charge in [-0.2, -0.15) is 0 Å². The maximum atomic E-state index is 12.7. The summed E-state index contributed by atoms with van der Waals surface area (Å²) >= 11 is 0. The van der Waals surface area contributed by atoms with Gasteiger partial charge in [-0.1, -0.05) is 13.8 Å². The van der Waals surface area contributed by atoms with Gasteiger partial charge < -0.3 is 25.4 Å². The number of carbonyl (C=O) groups excluding carboxylic acids is 2. The lowest BCUT2D eigenvalue weighted by atomic mass is 10.0. The summed E-state index contributed by atoms with van der Waals surface area (Å²) in [5, 5.41) is 9.15. The monoisotopic (exact) mass is 363 g/mol. The maximum Gasteiger partial charge on any atom is 0.252 e. The van der Waals surface area contributed by atoms with Crippen LogP contribution < -0.4 is 25.4 Å². The molecule has 0 aromatic heterocycles. The SMILES string of the molecule is COc1cc(OC)cc(C(=O)NC(C(=O)NC2CCCNC2)C(C)C)c1. The van der Waals surface area contributed by atoms with Crippen LogP contribution in [0, 0.1) is 5.92 Å². The summed E-state index contributed by atoms with van der Waals surface area (Å²) in [4.78, 5) is 25.3. The zero-order valence-electron chi connectivity index (χ0n) is 15.9. The number of hydrogen-bond acceptors (Lipinski definition) is 5. The number of carbonyl (C=O) groups is 2. The van der Waals surface area contributed by atoms with Crippen molar-refractivity contribution in [2.45, 2.75) is 38.8 Å². The minimum Gasteiger partial charge on any atom is -0.497 e. The lowest BCUT2D eigenvalue weighted by Gasteiger charge is -2.28. The van der Waals surface area contributed by atoms with Crippen LogP contribution in [-0.2, 0) is 4.79 Å². The van der Waals surface area contributed by atoms with Gasteiger partial charge >= 0.3 is 0 Å². The molecule has 1 aromatic rings. The van der Waals surface area contributed by atoms with Gasteiger partial charge in [-0.05, 0) is 37.4 Å². The van der Waals surface area contributed by atoms with Crippen LogP contribution in [0.25, 0.3) is 0 Å². The van der Waals surface area contributed by atoms with Crippen LogP contribution in [0.15, 0.2) is 18.2 Å². The zero-order valence-corrected chi connectivity index (χ0v) is 15.9. The third kappa shape index (κ3) is 5.36. The summed E-state index contributed by atoms with van der Waals surface area (Å²) in [6, 6.07) is 4.43. The van der Waals surface area contributed by atoms with Crippen molar-refractivity contribution in [3.63, 3.8) is 0 Å². The van der Waals surface area contributed by atoms with E-state index in [-0.39, 0.29) is 23.8 Å². The van der Waals surface area contributed by atoms with Crippen LogP contribution in [0.4, 0.5) is 0 Å². The van der Waals surface area contributed by atoms with Crippen LogP contribution >= 0.6 is 0 Å². The van der Waals surface area contributed by atoms with Gasteiger partial charge in [0.15, 0.2) is 0 Å². The number of hydrogen-bond donors (Lipinski definition) is 3. The van der Waals surface area contributed by atoms with Crippen molar-refractivity contribution in [3.8, 4) is 11.5 Å². The van der Waals surface area contributed by atoms with Gasteiger partial charge in [0.05, 0.1) is 14.2 Å². The summed E-state index contributed by atoms with van der Waals surface area (Å²) in [6.07, 6.45) is 1.98. The fourth-order valence-electron chi connectivity index (χ4n) is 2.96. The lowest BCUT2D eigenvalue weighted by Crippen LogP contribution is -2.54. The number of piperidine rings is 1. The van der Waals surface area contributed by atoms with E-state index in [9.17, 15) is 9.59 Å². The van der Waals surface area contributed by atoms with Crippen molar-refractivity contribution in [3.05, 3.63) is 23.8 Å². The van der Waals surface area contributed by atoms with E-state index in [1.165, 1.54) is 14.2 Å². The molecule has 1 fully saturated rings. The Hall–Kier alpha value is -2.28. The highest BCUT2D eigenvalue weighted by Gasteiger charge is 2.27. The highest BCUT2D eigenvalue weighted by Crippen LogP contribution is 2.22. The Balaban J connectivity index is 2.08. The van der Waals surface area contributed by atoms with Gasteiger partial charge in [-0.25, -0.2) is 0 Å². The molecule has 144 valence electrons. The molecule has 7 heteroatoms. The minimum absolute atomic E-state index is 0.0389. The zero-order chi connectivity index (χ0) is 19.1. The number of methoxy groups -OCH3 is 2. The Morgan fingerprint density at radius 2 is 1.81 bits per heavy atom. The van der Waals surface area contributed by atoms with E-state index in [0.717, 1.165) is 25.9 Å². The minimum atomic E-state index is -0.610. The highest BCUT2D eigenvalue weighted by atomic mass is 16.5. The average Bonchev–Trinajstić information content (AvgIpc) is 2.65. The molecule has 1 aliphatic heterocycles. The molecule has 2 rings (SSSR count). The fraction of sp³-hybridized carbons (Fsp3) is 0.579. The van der Waals surface area contributed by atoms with Crippen LogP contribution in [0.5, 0.6) is 11.5 Å². The molecule has 1 saturated heterocycles. The molecule has 1 aliphatic rings. The lowest BCUT2D eigenvalue weighted by molar-refractivity contribution is -0.124. The third-order valence-electron chi connectivity index (χ3n) is 4.49. The van der Waals surface area contributed by atoms with Crippen molar-refractivity contribution >= 4 is 11.8 Å². The third-order valence-corrected chi connectivity index (χ3v) is 4.49. The second kappa shape index (κ2) is 9.43. The molecule has 7 nitrogen and oxygen atoms in total. The molecule has 2 unspecified atom stereocenters. The van der Waals surface area contributed by atoms with E-state index in [4.69, 9.17) is 9.47 Å². The second-order valence-corrected chi connectivity index (χ2v) is 6.85. The van der Waals surface area contributed by atoms with Crippen molar-refractivity contribution in [1.29, 1.82) is 0 Å². The molecule has 2 amide bonds. The normalized spacial score (nSPS) is 18.1. The molecule has 26 heavy (non-hydrogen) atoms. The molecular formula is C19H29N3O4. The van der Waals surface area contributed by atoms with E-state index in [1.54, 1.807) is 18.2 Å². The first-order chi connectivity index (χ1) is 12.4. The predicted octanol–water partition coefficient (Wildman–Crippen LogP) is 1.33. The molecule has 0 bridgehead atoms. The number of amides is 2. The van der Waals surface area contributed by atoms with E-state index < -0.39 is 6.04 Å². The van der Waals surface area contributed by atoms with Crippen LogP contribution in [-0.4, -0.2) is 51.2 Å². The smallest absolute Gasteiger partial charge is 0.252 e. The Labute approximate surface area is 154 Å². The maximum absolute atomic E-state index is 12.7. The van der Waals surface area contributed by atoms with Gasteiger partial charge in [0, 0.05) is 24.2 Å². The van der Waals surface area contributed by atoms with Gasteiger partial charge in [0.25, 0.3) is 5.91 Å². The molecule has 0 radical (unpaired) electrons. The molecule has 0 aliphatic carbocycles. The molecule has 0 spiro atoms. The number of nitrogens with one attached hydrogen (secondary N) is 3. The summed E-state index contributed by atoms with van der Waals surface area (Å²) in [5.41, 5.74) is 0.388. The average molecular weight is 363 g/mol. The predicted molar refractivity (Wildman–Crippen MR) is 99.7 cm³/mol. The summed E-state index contributed by atoms with van der Waals surface area (Å²) in [7, 11) is 3.05. The quantitative estimate of drug-likeness (QED) is 0.680. The molecule has 3 N–H and O–H groups in total. The topological polar surface area (TPSA) is 88.7 Å². The standard InChI is InChI=1S/C19H29N3O4/c1-12(2)17(19(24)21-14-6-5-7-20-11-14)22-18(23)13-8-15(25-3)10-16(9-13)26-4/h8-10,12,14,17,20H,5-7,11H2,1-4H3,(H,21,24)(H,22,23). The molecule has 0 saturated carbocycles. The van der Waals surface area contributed by atoms with Gasteiger partial charge in [0.2, 0.25) is 5.91 Å². The van der Waals surface area contributed by atoms with Gasteiger partial charge in [0.1, 0.15) is 17.5 Å². The van der Waals surface area contributed by atoms with Crippen molar-refractivity contribution < 1.29 is 19.1 Å². The fourth-order valence-corrected chi connectivity index (χ4v) is 2.96. The number of rotatable bonds is 7. The first-order valence-corrected chi connectivity index (χ1v) is 8.99. The van der Waals surface area contributed by atoms with Crippen molar-refractivity contribution in [2.75, 3.05) is 27.3 Å². The van der Waals surface area contributed by atoms with Crippen LogP contribution in [0.1, 0.15) is 37.0 Å². The summed E-state index contributed by atoms with van der Waals surface area (Å²) in [5.74, 6) is 0.513. The molecule has 1 aromatic carbocycles. The van der Waals surface area contributed by atoms with Crippen LogP contribution in [0.2, 0.25) is 0 Å². The highest BCUT2D eigenvalue weighted by molar-refractivity contribution is 5.98. The van der Waals surface area contributed by atoms with E-state index in [2.05, 4.69) is 16.0 Å². The first-order valence-electron chi connectivity index (χ1n) is 8.99. The Morgan fingerprint density at radius 3 is 2.31 bits per heavy atom. The molecule has 1 heterocycles. The summed E-state index contributed by atoms with van der Waals surface area (Å²) < 4.78 is 10.4. The Bertz CT molecular complexity index is 605. The van der Waals surface area contributed by atoms with E-state index in [1.807, 2.05) is 13.8 Å². The number of benzene rings is 1. The molecule has 2 atom stereocenters. The Kier molecular flexibility index (Phi) is 7.26. The van der Waals surface area contributed by atoms with Gasteiger partial charge in [-0.3, -0.25) is 9.59 Å². The first kappa shape index (κ1) is 20.0. The molecular weight excluding hydrogens is 334 g/mol. The van der Waals surface area contributed by atoms with Gasteiger partial charge in [-0.15, -0.1) is 0 Å². The summed E-state index contributed by atoms with van der Waals surface area (Å²) in [6.45, 7) is 5.57. The van der Waals surface area contributed by atoms with E-state index >= 15 is 0 Å². The van der Waals surface area contributed by atoms with Crippen molar-refractivity contribution in [2.24, 2.45) is 5.92 Å². The Morgan fingerprint density at radius 1 is 1.15 bits per heavy atom. The van der Waals surface area contributed by atoms with E-state index in [0.29, 0.717) is 17.1 Å².